The van der Waals surface area contributed by atoms with Crippen LogP contribution in [-0.4, -0.2) is 10.9 Å². The molecule has 0 saturated carbocycles. The van der Waals surface area contributed by atoms with Crippen LogP contribution in [0.1, 0.15) is 103 Å². The van der Waals surface area contributed by atoms with Crippen molar-refractivity contribution in [2.24, 2.45) is 0 Å². The van der Waals surface area contributed by atoms with Crippen molar-refractivity contribution in [1.29, 1.82) is 0 Å². The molecule has 0 bridgehead atoms. The summed E-state index contributed by atoms with van der Waals surface area (Å²) in [7, 11) is 0. The Hall–Kier alpha value is -5.19. The third-order valence-corrected chi connectivity index (χ3v) is 14.2. The first kappa shape index (κ1) is 36.2. The molecule has 1 saturated heterocycles. The van der Waals surface area contributed by atoms with E-state index in [0.29, 0.717) is 12.0 Å². The van der Waals surface area contributed by atoms with Crippen LogP contribution in [0.3, 0.4) is 0 Å². The number of rotatable bonds is 8. The van der Waals surface area contributed by atoms with Gasteiger partial charge >= 0.3 is 0 Å². The summed E-state index contributed by atoms with van der Waals surface area (Å²) in [5.74, 6) is 0.587. The van der Waals surface area contributed by atoms with Gasteiger partial charge in [0, 0.05) is 39.8 Å². The predicted octanol–water partition coefficient (Wildman–Crippen LogP) is 13.7. The predicted molar refractivity (Wildman–Crippen MR) is 238 cm³/mol. The summed E-state index contributed by atoms with van der Waals surface area (Å²) in [4.78, 5) is 5.26. The lowest BCUT2D eigenvalue weighted by Gasteiger charge is -2.36. The maximum Gasteiger partial charge on any atom is 0.0872 e. The van der Waals surface area contributed by atoms with Gasteiger partial charge in [-0.15, -0.1) is 0 Å². The third-order valence-electron chi connectivity index (χ3n) is 13.2. The van der Waals surface area contributed by atoms with Crippen molar-refractivity contribution in [3.05, 3.63) is 214 Å². The Morgan fingerprint density at radius 3 is 2.04 bits per heavy atom. The van der Waals surface area contributed by atoms with Crippen LogP contribution in [-0.2, 0) is 12.0 Å². The molecule has 1 fully saturated rings. The van der Waals surface area contributed by atoms with Gasteiger partial charge in [-0.25, -0.2) is 0 Å². The molecule has 7 aromatic rings. The molecule has 10 rings (SSSR count). The number of nitrogens with zero attached hydrogens (tertiary/aromatic N) is 1. The molecule has 0 spiro atoms. The Bertz CT molecular complexity index is 2580. The molecule has 2 nitrogen and oxygen atoms in total. The fraction of sp³-hybridized carbons (Fsp3) is 0.222. The van der Waals surface area contributed by atoms with E-state index in [1.54, 1.807) is 0 Å². The zero-order chi connectivity index (χ0) is 38.7. The van der Waals surface area contributed by atoms with E-state index in [9.17, 15) is 0 Å². The summed E-state index contributed by atoms with van der Waals surface area (Å²) in [5, 5.41) is 4.15. The fourth-order valence-corrected chi connectivity index (χ4v) is 11.4. The lowest BCUT2D eigenvalue weighted by atomic mass is 9.68. The van der Waals surface area contributed by atoms with Crippen LogP contribution in [0.4, 0.5) is 0 Å². The van der Waals surface area contributed by atoms with Gasteiger partial charge in [-0.2, -0.15) is 0 Å². The largest absolute Gasteiger partial charge is 0.289 e. The summed E-state index contributed by atoms with van der Waals surface area (Å²) in [6.45, 7) is 10.5. The molecule has 2 aliphatic carbocycles. The first-order valence-corrected chi connectivity index (χ1v) is 21.6. The number of fused-ring (bicyclic) bond motifs is 6. The van der Waals surface area contributed by atoms with Crippen molar-refractivity contribution in [2.45, 2.75) is 86.0 Å². The monoisotopic (exact) mass is 758 g/mol. The SMILES string of the molecule is CCC1C(c2ccccc2)NC(c2cccc(Sc3ccccc3)c2)N1Cc1cccc(C2c3ccccc3-c3cc4c(cc3C2C)C(C)(C)c2ccccc2-4)c1. The summed E-state index contributed by atoms with van der Waals surface area (Å²) in [5.41, 5.74) is 16.8. The zero-order valence-corrected chi connectivity index (χ0v) is 34.1. The van der Waals surface area contributed by atoms with E-state index >= 15 is 0 Å². The van der Waals surface area contributed by atoms with E-state index in [1.165, 1.54) is 76.6 Å². The first-order chi connectivity index (χ1) is 27.9. The molecule has 57 heavy (non-hydrogen) atoms. The van der Waals surface area contributed by atoms with Crippen molar-refractivity contribution in [3.8, 4) is 22.3 Å². The maximum absolute atomic E-state index is 4.15. The fourth-order valence-electron chi connectivity index (χ4n) is 10.5. The van der Waals surface area contributed by atoms with E-state index in [4.69, 9.17) is 0 Å². The van der Waals surface area contributed by atoms with Crippen molar-refractivity contribution < 1.29 is 0 Å². The molecule has 7 aromatic carbocycles. The van der Waals surface area contributed by atoms with Gasteiger partial charge in [0.1, 0.15) is 0 Å². The van der Waals surface area contributed by atoms with Gasteiger partial charge in [0.05, 0.1) is 6.17 Å². The van der Waals surface area contributed by atoms with Gasteiger partial charge in [-0.3, -0.25) is 10.2 Å². The molecule has 3 heteroatoms. The minimum atomic E-state index is -0.0272. The highest BCUT2D eigenvalue weighted by Crippen LogP contribution is 2.56. The summed E-state index contributed by atoms with van der Waals surface area (Å²) >= 11 is 1.83. The van der Waals surface area contributed by atoms with Gasteiger partial charge in [-0.1, -0.05) is 179 Å². The average molecular weight is 759 g/mol. The van der Waals surface area contributed by atoms with Crippen molar-refractivity contribution in [3.63, 3.8) is 0 Å². The van der Waals surface area contributed by atoms with E-state index in [-0.39, 0.29) is 23.5 Å². The molecule has 0 radical (unpaired) electrons. The molecule has 0 aromatic heterocycles. The van der Waals surface area contributed by atoms with E-state index in [0.717, 1.165) is 13.0 Å². The Morgan fingerprint density at radius 2 is 1.23 bits per heavy atom. The highest BCUT2D eigenvalue weighted by Gasteiger charge is 2.42. The minimum absolute atomic E-state index is 0.0272. The highest BCUT2D eigenvalue weighted by molar-refractivity contribution is 7.99. The van der Waals surface area contributed by atoms with Crippen LogP contribution in [0.25, 0.3) is 22.3 Å². The molecule has 3 aliphatic rings. The first-order valence-electron chi connectivity index (χ1n) is 20.7. The van der Waals surface area contributed by atoms with Crippen LogP contribution >= 0.6 is 11.8 Å². The van der Waals surface area contributed by atoms with Gasteiger partial charge in [0.15, 0.2) is 0 Å². The summed E-state index contributed by atoms with van der Waals surface area (Å²) < 4.78 is 0. The smallest absolute Gasteiger partial charge is 0.0872 e. The average Bonchev–Trinajstić information content (AvgIpc) is 3.72. The molecular weight excluding hydrogens is 709 g/mol. The van der Waals surface area contributed by atoms with Crippen LogP contribution in [0.5, 0.6) is 0 Å². The van der Waals surface area contributed by atoms with Gasteiger partial charge in [-0.05, 0) is 109 Å². The topological polar surface area (TPSA) is 15.3 Å². The summed E-state index contributed by atoms with van der Waals surface area (Å²) in [6, 6.07) is 64.4. The molecule has 282 valence electrons. The second-order valence-corrected chi connectivity index (χ2v) is 18.0. The van der Waals surface area contributed by atoms with E-state index in [1.807, 2.05) is 11.8 Å². The minimum Gasteiger partial charge on any atom is -0.289 e. The zero-order valence-electron chi connectivity index (χ0n) is 33.3. The second kappa shape index (κ2) is 14.6. The lowest BCUT2D eigenvalue weighted by molar-refractivity contribution is 0.171. The Kier molecular flexibility index (Phi) is 9.29. The van der Waals surface area contributed by atoms with Crippen molar-refractivity contribution in [1.82, 2.24) is 10.2 Å². The Labute approximate surface area is 343 Å². The van der Waals surface area contributed by atoms with Gasteiger partial charge in [0.2, 0.25) is 0 Å². The molecule has 1 N–H and O–H groups in total. The quantitative estimate of drug-likeness (QED) is 0.166. The molecule has 1 heterocycles. The van der Waals surface area contributed by atoms with E-state index in [2.05, 4.69) is 208 Å². The normalized spacial score (nSPS) is 21.7. The second-order valence-electron chi connectivity index (χ2n) is 16.8. The van der Waals surface area contributed by atoms with Crippen LogP contribution in [0.2, 0.25) is 0 Å². The molecule has 5 atom stereocenters. The van der Waals surface area contributed by atoms with Gasteiger partial charge in [0.25, 0.3) is 0 Å². The molecule has 5 unspecified atom stereocenters. The maximum atomic E-state index is 4.15. The molecule has 0 amide bonds. The third kappa shape index (κ3) is 6.28. The van der Waals surface area contributed by atoms with E-state index < -0.39 is 0 Å². The van der Waals surface area contributed by atoms with Gasteiger partial charge < -0.3 is 0 Å². The Balaban J connectivity index is 1.02. The van der Waals surface area contributed by atoms with Crippen LogP contribution < -0.4 is 5.32 Å². The summed E-state index contributed by atoms with van der Waals surface area (Å²) in [6.07, 6.45) is 1.13. The Morgan fingerprint density at radius 1 is 0.561 bits per heavy atom. The standard InChI is InChI=1S/C54H50N2S/c1-5-50-52(37-19-8-6-9-20-37)55-53(39-22-17-25-41(31-39)57-40-23-10-7-11-24-40)56(50)34-36-18-16-21-38(30-36)51-35(2)45-33-49-47(32-46(45)42-26-12-13-28-44(42)51)43-27-14-15-29-48(43)54(49,3)4/h6-33,35,50-53,55H,5,34H2,1-4H3. The van der Waals surface area contributed by atoms with Crippen molar-refractivity contribution in [2.75, 3.05) is 0 Å². The molecule has 1 aliphatic heterocycles. The van der Waals surface area contributed by atoms with Crippen LogP contribution in [0, 0.1) is 0 Å². The molecular formula is C54H50N2S. The number of nitrogens with one attached hydrogen (secondary N) is 1. The number of benzene rings is 7. The number of hydrogen-bond acceptors (Lipinski definition) is 3. The van der Waals surface area contributed by atoms with Crippen molar-refractivity contribution >= 4 is 11.8 Å². The van der Waals surface area contributed by atoms with Crippen LogP contribution in [0.15, 0.2) is 180 Å². The number of hydrogen-bond donors (Lipinski definition) is 1. The lowest BCUT2D eigenvalue weighted by Crippen LogP contribution is -2.33. The highest BCUT2D eigenvalue weighted by atomic mass is 32.2.